The van der Waals surface area contributed by atoms with Gasteiger partial charge in [0.15, 0.2) is 18.1 Å². The number of benzene rings is 1. The molecule has 0 saturated carbocycles. The molecular weight excluding hydrogens is 308 g/mol. The summed E-state index contributed by atoms with van der Waals surface area (Å²) in [6.45, 7) is 2.66. The molecule has 1 aliphatic rings. The molecule has 0 aliphatic carbocycles. The minimum Gasteiger partial charge on any atom is -0.493 e. The number of rotatable bonds is 5. The van der Waals surface area contributed by atoms with Gasteiger partial charge < -0.3 is 14.4 Å². The first-order chi connectivity index (χ1) is 11.7. The van der Waals surface area contributed by atoms with Gasteiger partial charge in [-0.25, -0.2) is 4.98 Å². The van der Waals surface area contributed by atoms with Crippen LogP contribution in [0.3, 0.4) is 0 Å². The maximum atomic E-state index is 12.6. The fraction of sp³-hybridized carbons (Fsp3) is 0.471. The van der Waals surface area contributed by atoms with E-state index >= 15 is 0 Å². The number of carbonyl (C=O) groups is 1. The molecule has 24 heavy (non-hydrogen) atoms. The first-order valence-electron chi connectivity index (χ1n) is 8.11. The largest absolute Gasteiger partial charge is 0.493 e. The number of carbonyl (C=O) groups excluding carboxylic acids is 1. The van der Waals surface area contributed by atoms with E-state index in [-0.39, 0.29) is 18.6 Å². The van der Waals surface area contributed by atoms with Crippen molar-refractivity contribution in [1.82, 2.24) is 20.1 Å². The molecule has 1 fully saturated rings. The molecule has 1 aromatic carbocycles. The van der Waals surface area contributed by atoms with E-state index in [1.807, 2.05) is 30.0 Å². The molecule has 3 rings (SSSR count). The van der Waals surface area contributed by atoms with Gasteiger partial charge in [0.05, 0.1) is 13.2 Å². The van der Waals surface area contributed by atoms with Gasteiger partial charge in [0.25, 0.3) is 5.91 Å². The van der Waals surface area contributed by atoms with E-state index in [0.717, 1.165) is 30.7 Å². The number of nitrogens with zero attached hydrogens (tertiary/aromatic N) is 3. The van der Waals surface area contributed by atoms with Crippen molar-refractivity contribution in [2.24, 2.45) is 0 Å². The number of H-pyrrole nitrogens is 1. The Kier molecular flexibility index (Phi) is 4.98. The monoisotopic (exact) mass is 330 g/mol. The number of likely N-dealkylation sites (tertiary alicyclic amines) is 1. The molecule has 0 unspecified atom stereocenters. The van der Waals surface area contributed by atoms with Gasteiger partial charge >= 0.3 is 0 Å². The molecule has 2 aromatic rings. The number of aromatic nitrogens is 3. The predicted molar refractivity (Wildman–Crippen MR) is 87.9 cm³/mol. The summed E-state index contributed by atoms with van der Waals surface area (Å²) in [7, 11) is 1.59. The van der Waals surface area contributed by atoms with Gasteiger partial charge in [0.2, 0.25) is 0 Å². The van der Waals surface area contributed by atoms with Crippen molar-refractivity contribution in [3.05, 3.63) is 35.9 Å². The quantitative estimate of drug-likeness (QED) is 0.909. The van der Waals surface area contributed by atoms with Crippen molar-refractivity contribution >= 4 is 5.91 Å². The van der Waals surface area contributed by atoms with Gasteiger partial charge in [-0.3, -0.25) is 9.89 Å². The van der Waals surface area contributed by atoms with E-state index in [2.05, 4.69) is 15.2 Å². The van der Waals surface area contributed by atoms with Crippen LogP contribution in [0.25, 0.3) is 0 Å². The fourth-order valence-electron chi connectivity index (χ4n) is 3.01. The summed E-state index contributed by atoms with van der Waals surface area (Å²) in [4.78, 5) is 18.7. The maximum Gasteiger partial charge on any atom is 0.261 e. The average Bonchev–Trinajstić information content (AvgIpc) is 3.14. The molecule has 1 N–H and O–H groups in total. The topological polar surface area (TPSA) is 80.3 Å². The Morgan fingerprint density at radius 1 is 1.38 bits per heavy atom. The number of hydrogen-bond acceptors (Lipinski definition) is 5. The van der Waals surface area contributed by atoms with Crippen LogP contribution >= 0.6 is 0 Å². The summed E-state index contributed by atoms with van der Waals surface area (Å²) in [6.07, 6.45) is 4.42. The summed E-state index contributed by atoms with van der Waals surface area (Å²) in [6, 6.07) is 5.58. The van der Waals surface area contributed by atoms with Gasteiger partial charge in [0, 0.05) is 6.54 Å². The normalized spacial score (nSPS) is 17.6. The van der Waals surface area contributed by atoms with E-state index in [9.17, 15) is 4.79 Å². The van der Waals surface area contributed by atoms with Crippen molar-refractivity contribution in [2.45, 2.75) is 32.2 Å². The lowest BCUT2D eigenvalue weighted by Gasteiger charge is -2.34. The van der Waals surface area contributed by atoms with E-state index in [0.29, 0.717) is 18.0 Å². The molecule has 1 aliphatic heterocycles. The third-order valence-electron chi connectivity index (χ3n) is 4.24. The van der Waals surface area contributed by atoms with Crippen LogP contribution < -0.4 is 9.47 Å². The molecule has 7 heteroatoms. The first kappa shape index (κ1) is 16.3. The standard InChI is InChI=1S/C17H22N4O3/c1-12-6-7-14(15(9-12)23-2)24-10-16(22)21-8-4-3-5-13(21)17-18-11-19-20-17/h6-7,9,11,13H,3-5,8,10H2,1-2H3,(H,18,19,20)/t13-/m0/s1. The van der Waals surface area contributed by atoms with Crippen LogP contribution in [0, 0.1) is 6.92 Å². The average molecular weight is 330 g/mol. The molecule has 1 saturated heterocycles. The Bertz CT molecular complexity index is 687. The third kappa shape index (κ3) is 3.50. The van der Waals surface area contributed by atoms with Gasteiger partial charge in [0.1, 0.15) is 12.2 Å². The van der Waals surface area contributed by atoms with Crippen molar-refractivity contribution in [1.29, 1.82) is 0 Å². The first-order valence-corrected chi connectivity index (χ1v) is 8.11. The summed E-state index contributed by atoms with van der Waals surface area (Å²) < 4.78 is 11.0. The van der Waals surface area contributed by atoms with E-state index in [1.165, 1.54) is 6.33 Å². The second-order valence-electron chi connectivity index (χ2n) is 5.91. The number of methoxy groups -OCH3 is 1. The molecule has 0 bridgehead atoms. The van der Waals surface area contributed by atoms with Crippen LogP contribution in [0.15, 0.2) is 24.5 Å². The van der Waals surface area contributed by atoms with Crippen LogP contribution in [0.4, 0.5) is 0 Å². The van der Waals surface area contributed by atoms with E-state index < -0.39 is 0 Å². The summed E-state index contributed by atoms with van der Waals surface area (Å²) >= 11 is 0. The Morgan fingerprint density at radius 3 is 3.00 bits per heavy atom. The van der Waals surface area contributed by atoms with E-state index in [1.54, 1.807) is 7.11 Å². The zero-order valence-corrected chi connectivity index (χ0v) is 14.0. The van der Waals surface area contributed by atoms with Gasteiger partial charge in [-0.05, 0) is 43.9 Å². The van der Waals surface area contributed by atoms with Gasteiger partial charge in [-0.2, -0.15) is 5.10 Å². The fourth-order valence-corrected chi connectivity index (χ4v) is 3.01. The van der Waals surface area contributed by atoms with Crippen LogP contribution in [0.1, 0.15) is 36.7 Å². The highest BCUT2D eigenvalue weighted by Gasteiger charge is 2.30. The molecular formula is C17H22N4O3. The van der Waals surface area contributed by atoms with Crippen molar-refractivity contribution in [2.75, 3.05) is 20.3 Å². The second kappa shape index (κ2) is 7.33. The van der Waals surface area contributed by atoms with Gasteiger partial charge in [-0.15, -0.1) is 0 Å². The number of amides is 1. The molecule has 2 heterocycles. The Morgan fingerprint density at radius 2 is 2.25 bits per heavy atom. The lowest BCUT2D eigenvalue weighted by molar-refractivity contribution is -0.137. The number of ether oxygens (including phenoxy) is 2. The van der Waals surface area contributed by atoms with Crippen molar-refractivity contribution in [3.63, 3.8) is 0 Å². The number of nitrogens with one attached hydrogen (secondary N) is 1. The molecule has 1 aromatic heterocycles. The lowest BCUT2D eigenvalue weighted by atomic mass is 10.0. The maximum absolute atomic E-state index is 12.6. The van der Waals surface area contributed by atoms with Crippen LogP contribution in [-0.4, -0.2) is 46.2 Å². The molecule has 1 atom stereocenters. The Labute approximate surface area is 141 Å². The number of aryl methyl sites for hydroxylation is 1. The lowest BCUT2D eigenvalue weighted by Crippen LogP contribution is -2.41. The number of aromatic amines is 1. The molecule has 1 amide bonds. The summed E-state index contributed by atoms with van der Waals surface area (Å²) in [5.41, 5.74) is 1.08. The van der Waals surface area contributed by atoms with E-state index in [4.69, 9.17) is 9.47 Å². The van der Waals surface area contributed by atoms with Crippen LogP contribution in [-0.2, 0) is 4.79 Å². The molecule has 128 valence electrons. The zero-order chi connectivity index (χ0) is 16.9. The smallest absolute Gasteiger partial charge is 0.261 e. The minimum absolute atomic E-state index is 0.0238. The highest BCUT2D eigenvalue weighted by atomic mass is 16.5. The van der Waals surface area contributed by atoms with Crippen LogP contribution in [0.2, 0.25) is 0 Å². The molecule has 7 nitrogen and oxygen atoms in total. The SMILES string of the molecule is COc1cc(C)ccc1OCC(=O)N1CCCC[C@H]1c1ncn[nH]1. The number of piperidine rings is 1. The highest BCUT2D eigenvalue weighted by Crippen LogP contribution is 2.30. The molecule has 0 radical (unpaired) electrons. The zero-order valence-electron chi connectivity index (χ0n) is 14.0. The summed E-state index contributed by atoms with van der Waals surface area (Å²) in [5.74, 6) is 1.88. The number of hydrogen-bond donors (Lipinski definition) is 1. The van der Waals surface area contributed by atoms with Crippen molar-refractivity contribution < 1.29 is 14.3 Å². The Hall–Kier alpha value is -2.57. The van der Waals surface area contributed by atoms with Crippen molar-refractivity contribution in [3.8, 4) is 11.5 Å². The summed E-state index contributed by atoms with van der Waals surface area (Å²) in [5, 5.41) is 6.77. The molecule has 0 spiro atoms. The van der Waals surface area contributed by atoms with Gasteiger partial charge in [-0.1, -0.05) is 6.07 Å². The highest BCUT2D eigenvalue weighted by molar-refractivity contribution is 5.78. The Balaban J connectivity index is 1.67. The minimum atomic E-state index is -0.0581. The predicted octanol–water partition coefficient (Wildman–Crippen LogP) is 2.25. The third-order valence-corrected chi connectivity index (χ3v) is 4.24. The van der Waals surface area contributed by atoms with Crippen LogP contribution in [0.5, 0.6) is 11.5 Å². The second-order valence-corrected chi connectivity index (χ2v) is 5.91.